The smallest absolute Gasteiger partial charge is 0.305 e. The molecule has 0 heterocycles. The highest BCUT2D eigenvalue weighted by atomic mass is 16.6. The van der Waals surface area contributed by atoms with E-state index in [1.807, 2.05) is 0 Å². The van der Waals surface area contributed by atoms with Gasteiger partial charge in [-0.1, -0.05) is 109 Å². The van der Waals surface area contributed by atoms with Crippen molar-refractivity contribution in [2.75, 3.05) is 119 Å². The molecule has 0 atom stereocenters. The van der Waals surface area contributed by atoms with E-state index in [2.05, 4.69) is 38.1 Å². The van der Waals surface area contributed by atoms with Crippen molar-refractivity contribution in [3.8, 4) is 5.75 Å². The van der Waals surface area contributed by atoms with Crippen LogP contribution in [0.2, 0.25) is 0 Å². The number of carbonyl (C=O) groups is 1. The third-order valence-corrected chi connectivity index (χ3v) is 8.82. The summed E-state index contributed by atoms with van der Waals surface area (Å²) in [6, 6.07) is 8.44. The highest BCUT2D eigenvalue weighted by Gasteiger charge is 2.03. The molecule has 0 spiro atoms. The Balaban J connectivity index is 1.69. The summed E-state index contributed by atoms with van der Waals surface area (Å²) in [7, 11) is 0. The molecule has 0 saturated carbocycles. The highest BCUT2D eigenvalue weighted by Crippen LogP contribution is 2.15. The largest absolute Gasteiger partial charge is 0.491 e. The van der Waals surface area contributed by atoms with Crippen LogP contribution in [-0.4, -0.2) is 125 Å². The van der Waals surface area contributed by atoms with E-state index in [9.17, 15) is 4.79 Å². The van der Waals surface area contributed by atoms with Gasteiger partial charge in [0.1, 0.15) is 19.0 Å². The number of unbranched alkanes of at least 4 members (excludes halogenated alkanes) is 13. The predicted octanol–water partition coefficient (Wildman–Crippen LogP) is 8.57. The van der Waals surface area contributed by atoms with E-state index < -0.39 is 0 Å². The van der Waals surface area contributed by atoms with Crippen LogP contribution in [0.1, 0.15) is 122 Å². The van der Waals surface area contributed by atoms with Crippen molar-refractivity contribution < 1.29 is 52.2 Å². The van der Waals surface area contributed by atoms with Crippen LogP contribution in [0.25, 0.3) is 0 Å². The van der Waals surface area contributed by atoms with E-state index in [1.165, 1.54) is 89.0 Å². The maximum absolute atomic E-state index is 11.8. The average Bonchev–Trinajstić information content (AvgIpc) is 3.20. The van der Waals surface area contributed by atoms with E-state index in [4.69, 9.17) is 47.4 Å². The number of aryl methyl sites for hydroxylation is 1. The van der Waals surface area contributed by atoms with Crippen molar-refractivity contribution >= 4 is 5.97 Å². The number of rotatable bonds is 45. The summed E-state index contributed by atoms with van der Waals surface area (Å²) in [6.07, 6.45) is 20.7. The molecule has 55 heavy (non-hydrogen) atoms. The van der Waals surface area contributed by atoms with Gasteiger partial charge < -0.3 is 47.4 Å². The van der Waals surface area contributed by atoms with Gasteiger partial charge in [-0.05, 0) is 37.0 Å². The van der Waals surface area contributed by atoms with Crippen LogP contribution >= 0.6 is 0 Å². The molecule has 1 aromatic carbocycles. The number of esters is 1. The van der Waals surface area contributed by atoms with Crippen LogP contribution in [0.3, 0.4) is 0 Å². The molecule has 0 radical (unpaired) electrons. The zero-order chi connectivity index (χ0) is 39.4. The Bertz CT molecular complexity index is 902. The zero-order valence-electron chi connectivity index (χ0n) is 35.0. The Morgan fingerprint density at radius 1 is 0.382 bits per heavy atom. The van der Waals surface area contributed by atoms with E-state index in [1.54, 1.807) is 0 Å². The minimum atomic E-state index is -0.134. The molecule has 0 aromatic heterocycles. The fraction of sp³-hybridized carbons (Fsp3) is 0.841. The molecule has 0 aliphatic carbocycles. The minimum Gasteiger partial charge on any atom is -0.491 e. The Hall–Kier alpha value is -1.83. The molecular weight excluding hydrogens is 704 g/mol. The van der Waals surface area contributed by atoms with Crippen molar-refractivity contribution in [3.05, 3.63) is 29.8 Å². The first kappa shape index (κ1) is 51.2. The maximum atomic E-state index is 11.8. The lowest BCUT2D eigenvalue weighted by atomic mass is 10.0. The van der Waals surface area contributed by atoms with Crippen molar-refractivity contribution in [3.63, 3.8) is 0 Å². The van der Waals surface area contributed by atoms with Gasteiger partial charge in [-0.3, -0.25) is 4.79 Å². The van der Waals surface area contributed by atoms with E-state index in [-0.39, 0.29) is 12.6 Å². The van der Waals surface area contributed by atoms with Gasteiger partial charge in [0.2, 0.25) is 0 Å². The number of carbonyl (C=O) groups excluding carboxylic acids is 1. The summed E-state index contributed by atoms with van der Waals surface area (Å²) in [5.74, 6) is 0.751. The lowest BCUT2D eigenvalue weighted by Gasteiger charge is -2.09. The Labute approximate surface area is 335 Å². The molecule has 0 aliphatic rings. The molecule has 1 aromatic rings. The summed E-state index contributed by atoms with van der Waals surface area (Å²) in [4.78, 5) is 11.8. The van der Waals surface area contributed by atoms with Crippen LogP contribution in [0.5, 0.6) is 5.75 Å². The van der Waals surface area contributed by atoms with Crippen molar-refractivity contribution in [2.45, 2.75) is 123 Å². The maximum Gasteiger partial charge on any atom is 0.305 e. The fourth-order valence-corrected chi connectivity index (χ4v) is 5.59. The number of hydrogen-bond acceptors (Lipinski definition) is 11. The monoisotopic (exact) mass is 785 g/mol. The lowest BCUT2D eigenvalue weighted by molar-refractivity contribution is -0.145. The van der Waals surface area contributed by atoms with Crippen molar-refractivity contribution in [2.24, 2.45) is 0 Å². The molecule has 0 bridgehead atoms. The second-order valence-electron chi connectivity index (χ2n) is 13.7. The molecule has 0 amide bonds. The van der Waals surface area contributed by atoms with Crippen LogP contribution in [0.15, 0.2) is 24.3 Å². The third-order valence-electron chi connectivity index (χ3n) is 8.82. The number of ether oxygens (including phenoxy) is 10. The van der Waals surface area contributed by atoms with E-state index in [0.717, 1.165) is 25.0 Å². The first-order valence-corrected chi connectivity index (χ1v) is 21.8. The first-order valence-electron chi connectivity index (χ1n) is 21.8. The predicted molar refractivity (Wildman–Crippen MR) is 218 cm³/mol. The molecule has 11 heteroatoms. The summed E-state index contributed by atoms with van der Waals surface area (Å²) >= 11 is 0. The van der Waals surface area contributed by atoms with Crippen LogP contribution in [0.4, 0.5) is 0 Å². The summed E-state index contributed by atoms with van der Waals surface area (Å²) in [5.41, 5.74) is 1.38. The van der Waals surface area contributed by atoms with Gasteiger partial charge >= 0.3 is 5.97 Å². The number of hydrogen-bond donors (Lipinski definition) is 0. The van der Waals surface area contributed by atoms with Gasteiger partial charge in [0.25, 0.3) is 0 Å². The topological polar surface area (TPSA) is 109 Å². The summed E-state index contributed by atoms with van der Waals surface area (Å²) < 4.78 is 55.2. The van der Waals surface area contributed by atoms with Crippen molar-refractivity contribution in [1.82, 2.24) is 0 Å². The van der Waals surface area contributed by atoms with Gasteiger partial charge in [-0.15, -0.1) is 0 Å². The quantitative estimate of drug-likeness (QED) is 0.0469. The first-order chi connectivity index (χ1) is 27.3. The van der Waals surface area contributed by atoms with Gasteiger partial charge in [0, 0.05) is 6.42 Å². The molecule has 322 valence electrons. The van der Waals surface area contributed by atoms with Crippen LogP contribution in [-0.2, 0) is 53.8 Å². The second kappa shape index (κ2) is 43.3. The van der Waals surface area contributed by atoms with E-state index >= 15 is 0 Å². The lowest BCUT2D eigenvalue weighted by Crippen LogP contribution is -2.15. The van der Waals surface area contributed by atoms with Crippen LogP contribution in [0, 0.1) is 0 Å². The number of benzene rings is 1. The minimum absolute atomic E-state index is 0.134. The molecule has 0 aliphatic heterocycles. The fourth-order valence-electron chi connectivity index (χ4n) is 5.59. The van der Waals surface area contributed by atoms with Gasteiger partial charge in [0.15, 0.2) is 0 Å². The molecule has 0 unspecified atom stereocenters. The second-order valence-corrected chi connectivity index (χ2v) is 13.7. The molecular formula is C44H80O11. The van der Waals surface area contributed by atoms with Gasteiger partial charge in [-0.25, -0.2) is 0 Å². The van der Waals surface area contributed by atoms with Crippen LogP contribution < -0.4 is 4.74 Å². The molecule has 0 N–H and O–H groups in total. The molecule has 1 rings (SSSR count). The Morgan fingerprint density at radius 2 is 0.709 bits per heavy atom. The summed E-state index contributed by atoms with van der Waals surface area (Å²) in [6.45, 7) is 13.3. The third kappa shape index (κ3) is 38.8. The molecule has 0 saturated heterocycles. The van der Waals surface area contributed by atoms with Crippen molar-refractivity contribution in [1.29, 1.82) is 0 Å². The average molecular weight is 785 g/mol. The van der Waals surface area contributed by atoms with Gasteiger partial charge in [-0.2, -0.15) is 0 Å². The Morgan fingerprint density at radius 3 is 1.11 bits per heavy atom. The zero-order valence-corrected chi connectivity index (χ0v) is 35.0. The van der Waals surface area contributed by atoms with E-state index in [0.29, 0.717) is 119 Å². The normalized spacial score (nSPS) is 11.4. The molecule has 0 fully saturated rings. The molecule has 11 nitrogen and oxygen atoms in total. The SMILES string of the molecule is CCCCCCCCCCCC(=O)OCCOCCOCCOCCOCCOCCOCCOCCOCCOc1ccc(CCCCCCCC)cc1. The van der Waals surface area contributed by atoms with Gasteiger partial charge in [0.05, 0.1) is 106 Å². The Kier molecular flexibility index (Phi) is 40.3. The highest BCUT2D eigenvalue weighted by molar-refractivity contribution is 5.69. The standard InChI is InChI=1S/C44H80O11/c1-3-5-7-9-11-12-13-15-17-19-44(45)55-41-39-53-37-35-51-33-31-49-29-27-47-25-24-46-26-28-48-30-32-50-34-36-52-38-40-54-43-22-20-42(21-23-43)18-16-14-10-8-6-4-2/h20-23H,3-19,24-41H2,1-2H3. The summed E-state index contributed by atoms with van der Waals surface area (Å²) in [5, 5.41) is 0.